The molecule has 106 valence electrons. The second-order valence-corrected chi connectivity index (χ2v) is 6.43. The Labute approximate surface area is 138 Å². The van der Waals surface area contributed by atoms with Gasteiger partial charge in [-0.1, -0.05) is 63.4 Å². The van der Waals surface area contributed by atoms with Gasteiger partial charge in [-0.05, 0) is 42.8 Å². The van der Waals surface area contributed by atoms with E-state index in [-0.39, 0.29) is 0 Å². The first-order valence-electron chi connectivity index (χ1n) is 6.44. The highest BCUT2D eigenvalue weighted by molar-refractivity contribution is 9.10. The van der Waals surface area contributed by atoms with Gasteiger partial charge in [-0.15, -0.1) is 0 Å². The molecule has 20 heavy (non-hydrogen) atoms. The van der Waals surface area contributed by atoms with Crippen LogP contribution in [0.15, 0.2) is 46.9 Å². The molecule has 0 bridgehead atoms. The van der Waals surface area contributed by atoms with Crippen molar-refractivity contribution < 1.29 is 0 Å². The lowest BCUT2D eigenvalue weighted by molar-refractivity contribution is 0.625. The molecule has 1 nitrogen and oxygen atoms in total. The first-order valence-corrected chi connectivity index (χ1v) is 7.99. The molecule has 2 aromatic carbocycles. The zero-order chi connectivity index (χ0) is 14.5. The molecule has 2 rings (SSSR count). The Morgan fingerprint density at radius 1 is 1.15 bits per heavy atom. The Morgan fingerprint density at radius 3 is 2.60 bits per heavy atom. The van der Waals surface area contributed by atoms with Gasteiger partial charge in [0, 0.05) is 16.9 Å². The number of likely N-dealkylation sites (N-methyl/N-ethyl adjacent to an activating group) is 1. The van der Waals surface area contributed by atoms with Crippen LogP contribution in [-0.2, 0) is 6.42 Å². The molecule has 0 aliphatic rings. The molecule has 0 heterocycles. The van der Waals surface area contributed by atoms with E-state index in [0.29, 0.717) is 16.0 Å². The summed E-state index contributed by atoms with van der Waals surface area (Å²) < 4.78 is 1.09. The van der Waals surface area contributed by atoms with Gasteiger partial charge < -0.3 is 5.32 Å². The molecule has 2 aromatic rings. The molecule has 0 spiro atoms. The number of hydrogen-bond acceptors (Lipinski definition) is 1. The van der Waals surface area contributed by atoms with Crippen LogP contribution in [0.3, 0.4) is 0 Å². The van der Waals surface area contributed by atoms with Crippen molar-refractivity contribution in [3.05, 3.63) is 68.1 Å². The predicted octanol–water partition coefficient (Wildman–Crippen LogP) is 5.30. The van der Waals surface area contributed by atoms with Crippen molar-refractivity contribution in [1.29, 1.82) is 0 Å². The van der Waals surface area contributed by atoms with E-state index in [1.54, 1.807) is 0 Å². The van der Waals surface area contributed by atoms with Gasteiger partial charge in [-0.2, -0.15) is 0 Å². The first kappa shape index (κ1) is 15.8. The lowest BCUT2D eigenvalue weighted by Crippen LogP contribution is -2.19. The Kier molecular flexibility index (Phi) is 5.91. The predicted molar refractivity (Wildman–Crippen MR) is 91.0 cm³/mol. The van der Waals surface area contributed by atoms with Crippen molar-refractivity contribution in [2.24, 2.45) is 0 Å². The topological polar surface area (TPSA) is 12.0 Å². The maximum atomic E-state index is 6.29. The molecule has 0 saturated carbocycles. The highest BCUT2D eigenvalue weighted by Gasteiger charge is 2.15. The van der Waals surface area contributed by atoms with Crippen molar-refractivity contribution in [2.45, 2.75) is 12.3 Å². The van der Waals surface area contributed by atoms with E-state index in [0.717, 1.165) is 23.0 Å². The summed E-state index contributed by atoms with van der Waals surface area (Å²) in [5.41, 5.74) is 2.36. The van der Waals surface area contributed by atoms with Crippen LogP contribution in [0.2, 0.25) is 10.0 Å². The molecule has 0 fully saturated rings. The lowest BCUT2D eigenvalue weighted by atomic mass is 9.92. The Morgan fingerprint density at radius 2 is 1.90 bits per heavy atom. The highest BCUT2D eigenvalue weighted by Crippen LogP contribution is 2.30. The molecule has 0 saturated heterocycles. The van der Waals surface area contributed by atoms with Crippen molar-refractivity contribution in [3.63, 3.8) is 0 Å². The van der Waals surface area contributed by atoms with Crippen LogP contribution < -0.4 is 5.32 Å². The molecule has 1 unspecified atom stereocenters. The van der Waals surface area contributed by atoms with Crippen LogP contribution in [0.1, 0.15) is 17.0 Å². The fourth-order valence-electron chi connectivity index (χ4n) is 2.29. The van der Waals surface area contributed by atoms with Gasteiger partial charge in [0.2, 0.25) is 0 Å². The number of rotatable bonds is 5. The molecule has 4 heteroatoms. The van der Waals surface area contributed by atoms with Crippen molar-refractivity contribution >= 4 is 39.1 Å². The van der Waals surface area contributed by atoms with Crippen LogP contribution in [0.5, 0.6) is 0 Å². The molecule has 1 N–H and O–H groups in total. The summed E-state index contributed by atoms with van der Waals surface area (Å²) in [5, 5.41) is 4.52. The van der Waals surface area contributed by atoms with E-state index in [4.69, 9.17) is 23.2 Å². The van der Waals surface area contributed by atoms with Crippen LogP contribution in [0.4, 0.5) is 0 Å². The lowest BCUT2D eigenvalue weighted by Gasteiger charge is -2.18. The molecule has 0 aliphatic heterocycles. The third kappa shape index (κ3) is 3.98. The minimum Gasteiger partial charge on any atom is -0.319 e. The summed E-state index contributed by atoms with van der Waals surface area (Å²) in [6, 6.07) is 14.2. The first-order chi connectivity index (χ1) is 9.61. The van der Waals surface area contributed by atoms with Crippen LogP contribution in [0.25, 0.3) is 0 Å². The zero-order valence-electron chi connectivity index (χ0n) is 11.2. The van der Waals surface area contributed by atoms with Crippen LogP contribution >= 0.6 is 39.1 Å². The molecule has 0 aromatic heterocycles. The van der Waals surface area contributed by atoms with Gasteiger partial charge in [-0.3, -0.25) is 0 Å². The summed E-state index contributed by atoms with van der Waals surface area (Å²) in [5.74, 6) is 0.355. The molecule has 0 aliphatic carbocycles. The van der Waals surface area contributed by atoms with E-state index < -0.39 is 0 Å². The van der Waals surface area contributed by atoms with E-state index >= 15 is 0 Å². The second kappa shape index (κ2) is 7.46. The number of hydrogen-bond donors (Lipinski definition) is 1. The van der Waals surface area contributed by atoms with E-state index in [1.807, 2.05) is 31.3 Å². The van der Waals surface area contributed by atoms with Crippen molar-refractivity contribution in [3.8, 4) is 0 Å². The summed E-state index contributed by atoms with van der Waals surface area (Å²) in [6.45, 7) is 0.888. The van der Waals surface area contributed by atoms with Gasteiger partial charge in [0.25, 0.3) is 0 Å². The Hall–Kier alpha value is -0.540. The summed E-state index contributed by atoms with van der Waals surface area (Å²) in [4.78, 5) is 0. The van der Waals surface area contributed by atoms with Gasteiger partial charge in [0.1, 0.15) is 0 Å². The van der Waals surface area contributed by atoms with E-state index in [1.165, 1.54) is 5.56 Å². The van der Waals surface area contributed by atoms with E-state index in [2.05, 4.69) is 39.4 Å². The largest absolute Gasteiger partial charge is 0.319 e. The third-order valence-corrected chi connectivity index (χ3v) is 4.62. The number of halogens is 3. The number of nitrogens with one attached hydrogen (secondary N) is 1. The zero-order valence-corrected chi connectivity index (χ0v) is 14.3. The Balaban J connectivity index is 2.28. The minimum absolute atomic E-state index is 0.355. The normalized spacial score (nSPS) is 12.4. The summed E-state index contributed by atoms with van der Waals surface area (Å²) in [7, 11) is 1.96. The Bertz CT molecular complexity index is 586. The maximum absolute atomic E-state index is 6.29. The maximum Gasteiger partial charge on any atom is 0.0624 e. The minimum atomic E-state index is 0.355. The van der Waals surface area contributed by atoms with Crippen LogP contribution in [-0.4, -0.2) is 13.6 Å². The highest BCUT2D eigenvalue weighted by atomic mass is 79.9. The van der Waals surface area contributed by atoms with Crippen molar-refractivity contribution in [1.82, 2.24) is 5.32 Å². The average Bonchev–Trinajstić information content (AvgIpc) is 2.43. The second-order valence-electron chi connectivity index (χ2n) is 4.73. The fourth-order valence-corrected chi connectivity index (χ4v) is 3.10. The van der Waals surface area contributed by atoms with Gasteiger partial charge in [0.15, 0.2) is 0 Å². The summed E-state index contributed by atoms with van der Waals surface area (Å²) in [6.07, 6.45) is 0.858. The average molecular weight is 373 g/mol. The van der Waals surface area contributed by atoms with E-state index in [9.17, 15) is 0 Å². The molecular formula is C16H16BrCl2N. The third-order valence-electron chi connectivity index (χ3n) is 3.27. The molecular weight excluding hydrogens is 357 g/mol. The smallest absolute Gasteiger partial charge is 0.0624 e. The van der Waals surface area contributed by atoms with Gasteiger partial charge >= 0.3 is 0 Å². The SMILES string of the molecule is CNCC(Cc1cccc(Cl)c1Cl)c1cccc(Br)c1. The standard InChI is InChI=1S/C16H16BrCl2N/c1-20-10-13(11-4-2-6-14(17)9-11)8-12-5-3-7-15(18)16(12)19/h2-7,9,13,20H,8,10H2,1H3. The molecule has 0 radical (unpaired) electrons. The molecule has 0 amide bonds. The van der Waals surface area contributed by atoms with Crippen LogP contribution in [0, 0.1) is 0 Å². The fraction of sp³-hybridized carbons (Fsp3) is 0.250. The van der Waals surface area contributed by atoms with Crippen molar-refractivity contribution in [2.75, 3.05) is 13.6 Å². The molecule has 1 atom stereocenters. The van der Waals surface area contributed by atoms with Gasteiger partial charge in [-0.25, -0.2) is 0 Å². The summed E-state index contributed by atoms with van der Waals surface area (Å²) >= 11 is 15.9. The number of benzene rings is 2. The quantitative estimate of drug-likeness (QED) is 0.750. The monoisotopic (exact) mass is 371 g/mol. The van der Waals surface area contributed by atoms with Gasteiger partial charge in [0.05, 0.1) is 10.0 Å².